The van der Waals surface area contributed by atoms with Crippen LogP contribution in [0.5, 0.6) is 0 Å². The van der Waals surface area contributed by atoms with Crippen LogP contribution in [0.3, 0.4) is 0 Å². The average molecular weight is 253 g/mol. The number of aliphatic carboxylic acids is 1. The van der Waals surface area contributed by atoms with Gasteiger partial charge in [0, 0.05) is 12.3 Å². The third kappa shape index (κ3) is 3.06. The van der Waals surface area contributed by atoms with Crippen LogP contribution in [-0.4, -0.2) is 23.0 Å². The van der Waals surface area contributed by atoms with E-state index in [1.807, 2.05) is 0 Å². The molecule has 0 aromatic heterocycles. The van der Waals surface area contributed by atoms with Crippen molar-refractivity contribution in [2.45, 2.75) is 32.2 Å². The van der Waals surface area contributed by atoms with Gasteiger partial charge in [-0.2, -0.15) is 0 Å². The highest BCUT2D eigenvalue weighted by Crippen LogP contribution is 2.27. The van der Waals surface area contributed by atoms with Crippen molar-refractivity contribution in [3.05, 3.63) is 35.6 Å². The molecule has 4 nitrogen and oxygen atoms in total. The van der Waals surface area contributed by atoms with Crippen LogP contribution in [0.25, 0.3) is 0 Å². The second-order valence-electron chi connectivity index (χ2n) is 4.70. The first kappa shape index (κ1) is 14.2. The summed E-state index contributed by atoms with van der Waals surface area (Å²) in [6, 6.07) is 4.51. The molecule has 2 N–H and O–H groups in total. The lowest BCUT2D eigenvalue weighted by atomic mass is 9.77. The van der Waals surface area contributed by atoms with Gasteiger partial charge in [0.15, 0.2) is 0 Å². The number of carbonyl (C=O) groups excluding carboxylic acids is 1. The summed E-state index contributed by atoms with van der Waals surface area (Å²) in [7, 11) is 0. The standard InChI is InChI=1S/C13H16FNO3/c1-8(16)15-11(12(17)18)13(2,3)9-4-6-10(14)7-5-9/h4-7,11H,1-3H3,(H,15,16)(H,17,18). The molecule has 0 aliphatic heterocycles. The van der Waals surface area contributed by atoms with Crippen LogP contribution in [-0.2, 0) is 15.0 Å². The van der Waals surface area contributed by atoms with Gasteiger partial charge in [-0.05, 0) is 17.7 Å². The highest BCUT2D eigenvalue weighted by Gasteiger charge is 2.37. The van der Waals surface area contributed by atoms with Crippen molar-refractivity contribution >= 4 is 11.9 Å². The number of carboxylic acids is 1. The minimum absolute atomic E-state index is 0.388. The minimum Gasteiger partial charge on any atom is -0.480 e. The normalized spacial score (nSPS) is 12.9. The van der Waals surface area contributed by atoms with Gasteiger partial charge >= 0.3 is 5.97 Å². The van der Waals surface area contributed by atoms with E-state index in [1.165, 1.54) is 31.2 Å². The van der Waals surface area contributed by atoms with E-state index in [9.17, 15) is 19.1 Å². The molecule has 0 radical (unpaired) electrons. The van der Waals surface area contributed by atoms with E-state index in [2.05, 4.69) is 5.32 Å². The number of halogens is 1. The molecule has 1 rings (SSSR count). The molecule has 1 atom stereocenters. The van der Waals surface area contributed by atoms with Crippen molar-refractivity contribution in [2.24, 2.45) is 0 Å². The van der Waals surface area contributed by atoms with Crippen molar-refractivity contribution in [1.82, 2.24) is 5.32 Å². The zero-order valence-electron chi connectivity index (χ0n) is 10.5. The summed E-state index contributed by atoms with van der Waals surface area (Å²) in [5, 5.41) is 11.6. The Morgan fingerprint density at radius 1 is 1.28 bits per heavy atom. The van der Waals surface area contributed by atoms with Gasteiger partial charge in [0.25, 0.3) is 0 Å². The summed E-state index contributed by atoms with van der Waals surface area (Å²) < 4.78 is 12.9. The average Bonchev–Trinajstić information content (AvgIpc) is 2.25. The number of hydrogen-bond donors (Lipinski definition) is 2. The van der Waals surface area contributed by atoms with E-state index in [0.717, 1.165) is 0 Å². The maximum Gasteiger partial charge on any atom is 0.327 e. The molecule has 5 heteroatoms. The molecule has 0 aliphatic rings. The summed E-state index contributed by atoms with van der Waals surface area (Å²) in [5.41, 5.74) is -0.198. The Kier molecular flexibility index (Phi) is 4.06. The van der Waals surface area contributed by atoms with Gasteiger partial charge < -0.3 is 10.4 Å². The lowest BCUT2D eigenvalue weighted by molar-refractivity contribution is -0.143. The quantitative estimate of drug-likeness (QED) is 0.858. The molecule has 0 aliphatic carbocycles. The number of carboxylic acid groups (broad SMARTS) is 1. The maximum atomic E-state index is 12.9. The molecule has 18 heavy (non-hydrogen) atoms. The van der Waals surface area contributed by atoms with Crippen molar-refractivity contribution in [2.75, 3.05) is 0 Å². The second kappa shape index (κ2) is 5.16. The Hall–Kier alpha value is -1.91. The molecular weight excluding hydrogens is 237 g/mol. The van der Waals surface area contributed by atoms with Crippen molar-refractivity contribution in [1.29, 1.82) is 0 Å². The van der Waals surface area contributed by atoms with Crippen LogP contribution in [0.4, 0.5) is 4.39 Å². The van der Waals surface area contributed by atoms with Gasteiger partial charge in [-0.3, -0.25) is 4.79 Å². The van der Waals surface area contributed by atoms with Crippen LogP contribution in [0.1, 0.15) is 26.3 Å². The van der Waals surface area contributed by atoms with Crippen LogP contribution in [0.2, 0.25) is 0 Å². The second-order valence-corrected chi connectivity index (χ2v) is 4.70. The molecule has 0 spiro atoms. The number of benzene rings is 1. The Morgan fingerprint density at radius 3 is 2.17 bits per heavy atom. The Morgan fingerprint density at radius 2 is 1.78 bits per heavy atom. The SMILES string of the molecule is CC(=O)NC(C(=O)O)C(C)(C)c1ccc(F)cc1. The van der Waals surface area contributed by atoms with Gasteiger partial charge in [0.05, 0.1) is 0 Å². The first-order valence-corrected chi connectivity index (χ1v) is 5.51. The molecule has 1 aromatic rings. The third-order valence-electron chi connectivity index (χ3n) is 2.90. The monoisotopic (exact) mass is 253 g/mol. The fourth-order valence-corrected chi connectivity index (χ4v) is 1.80. The van der Waals surface area contributed by atoms with Crippen molar-refractivity contribution in [3.63, 3.8) is 0 Å². The molecular formula is C13H16FNO3. The number of amides is 1. The topological polar surface area (TPSA) is 66.4 Å². The number of nitrogens with one attached hydrogen (secondary N) is 1. The van der Waals surface area contributed by atoms with E-state index in [4.69, 9.17) is 0 Å². The van der Waals surface area contributed by atoms with Crippen LogP contribution in [0.15, 0.2) is 24.3 Å². The van der Waals surface area contributed by atoms with E-state index in [0.29, 0.717) is 5.56 Å². The van der Waals surface area contributed by atoms with Gasteiger partial charge in [-0.25, -0.2) is 9.18 Å². The molecule has 0 heterocycles. The van der Waals surface area contributed by atoms with Crippen molar-refractivity contribution < 1.29 is 19.1 Å². The number of hydrogen-bond acceptors (Lipinski definition) is 2. The Labute approximate surface area is 105 Å². The fourth-order valence-electron chi connectivity index (χ4n) is 1.80. The smallest absolute Gasteiger partial charge is 0.327 e. The van der Waals surface area contributed by atoms with Gasteiger partial charge in [0.2, 0.25) is 5.91 Å². The summed E-state index contributed by atoms with van der Waals surface area (Å²) in [6.07, 6.45) is 0. The fraction of sp³-hybridized carbons (Fsp3) is 0.385. The highest BCUT2D eigenvalue weighted by atomic mass is 19.1. The van der Waals surface area contributed by atoms with E-state index >= 15 is 0 Å². The highest BCUT2D eigenvalue weighted by molar-refractivity contribution is 5.83. The number of rotatable bonds is 4. The van der Waals surface area contributed by atoms with Gasteiger partial charge in [-0.1, -0.05) is 26.0 Å². The molecule has 98 valence electrons. The summed E-state index contributed by atoms with van der Waals surface area (Å²) in [5.74, 6) is -1.93. The van der Waals surface area contributed by atoms with Crippen molar-refractivity contribution in [3.8, 4) is 0 Å². The predicted octanol–water partition coefficient (Wildman–Crippen LogP) is 1.69. The minimum atomic E-state index is -1.13. The Balaban J connectivity index is 3.11. The lowest BCUT2D eigenvalue weighted by Crippen LogP contribution is -2.51. The molecule has 1 aromatic carbocycles. The van der Waals surface area contributed by atoms with Gasteiger partial charge in [-0.15, -0.1) is 0 Å². The summed E-state index contributed by atoms with van der Waals surface area (Å²) in [6.45, 7) is 4.64. The van der Waals surface area contributed by atoms with Gasteiger partial charge in [0.1, 0.15) is 11.9 Å². The first-order chi connectivity index (χ1) is 8.25. The lowest BCUT2D eigenvalue weighted by Gasteiger charge is -2.32. The maximum absolute atomic E-state index is 12.9. The first-order valence-electron chi connectivity index (χ1n) is 5.51. The largest absolute Gasteiger partial charge is 0.480 e. The predicted molar refractivity (Wildman–Crippen MR) is 64.7 cm³/mol. The molecule has 1 unspecified atom stereocenters. The van der Waals surface area contributed by atoms with E-state index in [1.54, 1.807) is 13.8 Å². The Bertz CT molecular complexity index is 454. The van der Waals surface area contributed by atoms with Crippen LogP contribution < -0.4 is 5.32 Å². The van der Waals surface area contributed by atoms with Crippen LogP contribution in [0, 0.1) is 5.82 Å². The molecule has 0 saturated carbocycles. The van der Waals surface area contributed by atoms with E-state index < -0.39 is 23.3 Å². The molecule has 0 fully saturated rings. The zero-order chi connectivity index (χ0) is 13.9. The summed E-state index contributed by atoms with van der Waals surface area (Å²) in [4.78, 5) is 22.3. The zero-order valence-corrected chi connectivity index (χ0v) is 10.5. The molecule has 0 saturated heterocycles. The number of carbonyl (C=O) groups is 2. The van der Waals surface area contributed by atoms with E-state index in [-0.39, 0.29) is 5.82 Å². The third-order valence-corrected chi connectivity index (χ3v) is 2.90. The molecule has 0 bridgehead atoms. The van der Waals surface area contributed by atoms with Crippen LogP contribution >= 0.6 is 0 Å². The summed E-state index contributed by atoms with van der Waals surface area (Å²) >= 11 is 0. The molecule has 1 amide bonds.